The average molecular weight is 246 g/mol. The first-order valence-electron chi connectivity index (χ1n) is 6.55. The van der Waals surface area contributed by atoms with Gasteiger partial charge in [0.1, 0.15) is 0 Å². The number of hydrogen-bond donors (Lipinski definition) is 2. The van der Waals surface area contributed by atoms with Crippen molar-refractivity contribution in [2.75, 3.05) is 25.6 Å². The quantitative estimate of drug-likeness (QED) is 0.620. The van der Waals surface area contributed by atoms with Gasteiger partial charge in [0.15, 0.2) is 0 Å². The van der Waals surface area contributed by atoms with E-state index in [0.29, 0.717) is 18.0 Å². The molecule has 0 aromatic heterocycles. The van der Waals surface area contributed by atoms with Crippen LogP contribution in [0.5, 0.6) is 0 Å². The highest BCUT2D eigenvalue weighted by molar-refractivity contribution is 7.98. The molecule has 0 aliphatic rings. The Morgan fingerprint density at radius 3 is 2.38 bits per heavy atom. The predicted octanol–water partition coefficient (Wildman–Crippen LogP) is 2.74. The van der Waals surface area contributed by atoms with Gasteiger partial charge in [0, 0.05) is 12.1 Å². The maximum absolute atomic E-state index is 3.64. The summed E-state index contributed by atoms with van der Waals surface area (Å²) in [6, 6.07) is 1.30. The van der Waals surface area contributed by atoms with Crippen molar-refractivity contribution in [2.24, 2.45) is 5.92 Å². The fourth-order valence-electron chi connectivity index (χ4n) is 1.95. The normalized spacial score (nSPS) is 17.1. The Hall–Kier alpha value is 0.270. The largest absolute Gasteiger partial charge is 0.317 e. The van der Waals surface area contributed by atoms with E-state index in [9.17, 15) is 0 Å². The van der Waals surface area contributed by atoms with Crippen LogP contribution in [0.1, 0.15) is 40.0 Å². The molecular formula is C13H30N2S. The molecule has 0 saturated heterocycles. The summed E-state index contributed by atoms with van der Waals surface area (Å²) in [6.45, 7) is 8.01. The summed E-state index contributed by atoms with van der Waals surface area (Å²) >= 11 is 1.93. The van der Waals surface area contributed by atoms with Crippen molar-refractivity contribution < 1.29 is 0 Å². The molecule has 0 radical (unpaired) electrons. The zero-order chi connectivity index (χ0) is 12.4. The Bertz CT molecular complexity index is 153. The van der Waals surface area contributed by atoms with Crippen molar-refractivity contribution in [3.63, 3.8) is 0 Å². The molecule has 0 heterocycles. The molecule has 3 heteroatoms. The van der Waals surface area contributed by atoms with Crippen molar-refractivity contribution in [2.45, 2.75) is 52.1 Å². The van der Waals surface area contributed by atoms with E-state index in [0.717, 1.165) is 6.54 Å². The first-order chi connectivity index (χ1) is 7.65. The molecule has 0 aromatic rings. The van der Waals surface area contributed by atoms with E-state index >= 15 is 0 Å². The third-order valence-electron chi connectivity index (χ3n) is 3.20. The van der Waals surface area contributed by atoms with Crippen LogP contribution in [-0.2, 0) is 0 Å². The van der Waals surface area contributed by atoms with Gasteiger partial charge in [-0.25, -0.2) is 0 Å². The molecule has 0 spiro atoms. The second-order valence-corrected chi connectivity index (χ2v) is 5.74. The Kier molecular flexibility index (Phi) is 10.6. The smallest absolute Gasteiger partial charge is 0.0102 e. The van der Waals surface area contributed by atoms with Crippen LogP contribution in [0.4, 0.5) is 0 Å². The highest BCUT2D eigenvalue weighted by Gasteiger charge is 2.14. The fourth-order valence-corrected chi connectivity index (χ4v) is 2.54. The predicted molar refractivity (Wildman–Crippen MR) is 77.4 cm³/mol. The molecule has 0 amide bonds. The summed E-state index contributed by atoms with van der Waals surface area (Å²) < 4.78 is 0. The molecule has 2 N–H and O–H groups in total. The first-order valence-corrected chi connectivity index (χ1v) is 7.94. The molecule has 0 aliphatic carbocycles. The van der Waals surface area contributed by atoms with E-state index in [-0.39, 0.29) is 0 Å². The summed E-state index contributed by atoms with van der Waals surface area (Å²) in [6.07, 6.45) is 5.98. The van der Waals surface area contributed by atoms with E-state index in [4.69, 9.17) is 0 Å². The molecule has 0 fully saturated rings. The molecular weight excluding hydrogens is 216 g/mol. The van der Waals surface area contributed by atoms with Crippen LogP contribution < -0.4 is 10.6 Å². The van der Waals surface area contributed by atoms with E-state index in [1.807, 2.05) is 11.8 Å². The second kappa shape index (κ2) is 10.4. The molecule has 0 aliphatic heterocycles. The van der Waals surface area contributed by atoms with Crippen molar-refractivity contribution in [3.05, 3.63) is 0 Å². The van der Waals surface area contributed by atoms with E-state index < -0.39 is 0 Å². The molecule has 0 aromatic carbocycles. The van der Waals surface area contributed by atoms with E-state index in [1.54, 1.807) is 0 Å². The van der Waals surface area contributed by atoms with Gasteiger partial charge in [0.25, 0.3) is 0 Å². The second-order valence-electron chi connectivity index (χ2n) is 4.75. The average Bonchev–Trinajstić information content (AvgIpc) is 2.30. The molecule has 98 valence electrons. The monoisotopic (exact) mass is 246 g/mol. The lowest BCUT2D eigenvalue weighted by atomic mass is 9.97. The van der Waals surface area contributed by atoms with E-state index in [1.165, 1.54) is 25.0 Å². The van der Waals surface area contributed by atoms with Crippen LogP contribution >= 0.6 is 11.8 Å². The number of hydrogen-bond acceptors (Lipinski definition) is 3. The standard InChI is InChI=1S/C13H30N2S/c1-6-7-13(14-4)11(2)10-15-12(3)8-9-16-5/h11-15H,6-10H2,1-5H3. The van der Waals surface area contributed by atoms with Gasteiger partial charge in [0.2, 0.25) is 0 Å². The van der Waals surface area contributed by atoms with Crippen LogP contribution in [-0.4, -0.2) is 37.7 Å². The molecule has 16 heavy (non-hydrogen) atoms. The third kappa shape index (κ3) is 7.53. The number of thioether (sulfide) groups is 1. The highest BCUT2D eigenvalue weighted by atomic mass is 32.2. The van der Waals surface area contributed by atoms with Crippen LogP contribution in [0.25, 0.3) is 0 Å². The number of rotatable bonds is 10. The lowest BCUT2D eigenvalue weighted by Gasteiger charge is -2.25. The first kappa shape index (κ1) is 16.3. The topological polar surface area (TPSA) is 24.1 Å². The molecule has 2 nitrogen and oxygen atoms in total. The number of nitrogens with one attached hydrogen (secondary N) is 2. The van der Waals surface area contributed by atoms with Crippen molar-refractivity contribution in [1.29, 1.82) is 0 Å². The minimum atomic E-state index is 0.647. The van der Waals surface area contributed by atoms with E-state index in [2.05, 4.69) is 44.7 Å². The summed E-state index contributed by atoms with van der Waals surface area (Å²) in [5.74, 6) is 1.97. The maximum Gasteiger partial charge on any atom is 0.0102 e. The van der Waals surface area contributed by atoms with Crippen LogP contribution in [0, 0.1) is 5.92 Å². The minimum Gasteiger partial charge on any atom is -0.317 e. The van der Waals surface area contributed by atoms with Gasteiger partial charge in [-0.1, -0.05) is 20.3 Å². The zero-order valence-electron chi connectivity index (χ0n) is 11.7. The Labute approximate surface area is 106 Å². The SMILES string of the molecule is CCCC(NC)C(C)CNC(C)CCSC. The maximum atomic E-state index is 3.64. The summed E-state index contributed by atoms with van der Waals surface area (Å²) in [5.41, 5.74) is 0. The lowest BCUT2D eigenvalue weighted by molar-refractivity contribution is 0.344. The lowest BCUT2D eigenvalue weighted by Crippen LogP contribution is -2.40. The molecule has 0 rings (SSSR count). The van der Waals surface area contributed by atoms with Gasteiger partial charge >= 0.3 is 0 Å². The van der Waals surface area contributed by atoms with Gasteiger partial charge in [0.05, 0.1) is 0 Å². The van der Waals surface area contributed by atoms with Gasteiger partial charge in [-0.3, -0.25) is 0 Å². The molecule has 0 bridgehead atoms. The third-order valence-corrected chi connectivity index (χ3v) is 3.84. The Morgan fingerprint density at radius 2 is 1.88 bits per heavy atom. The zero-order valence-corrected chi connectivity index (χ0v) is 12.5. The van der Waals surface area contributed by atoms with Gasteiger partial charge < -0.3 is 10.6 Å². The highest BCUT2D eigenvalue weighted by Crippen LogP contribution is 2.09. The van der Waals surface area contributed by atoms with Gasteiger partial charge in [-0.05, 0) is 51.3 Å². The Balaban J connectivity index is 3.72. The molecule has 3 unspecified atom stereocenters. The summed E-state index contributed by atoms with van der Waals surface area (Å²) in [4.78, 5) is 0. The molecule has 3 atom stereocenters. The fraction of sp³-hybridized carbons (Fsp3) is 1.00. The summed E-state index contributed by atoms with van der Waals surface area (Å²) in [5, 5.41) is 7.06. The molecule has 0 saturated carbocycles. The van der Waals surface area contributed by atoms with Crippen LogP contribution in [0.2, 0.25) is 0 Å². The Morgan fingerprint density at radius 1 is 1.19 bits per heavy atom. The van der Waals surface area contributed by atoms with Gasteiger partial charge in [-0.15, -0.1) is 0 Å². The van der Waals surface area contributed by atoms with Crippen LogP contribution in [0.3, 0.4) is 0 Å². The van der Waals surface area contributed by atoms with Gasteiger partial charge in [-0.2, -0.15) is 11.8 Å². The van der Waals surface area contributed by atoms with Crippen LogP contribution in [0.15, 0.2) is 0 Å². The van der Waals surface area contributed by atoms with Crippen molar-refractivity contribution in [3.8, 4) is 0 Å². The van der Waals surface area contributed by atoms with Crippen molar-refractivity contribution >= 4 is 11.8 Å². The summed E-state index contributed by atoms with van der Waals surface area (Å²) in [7, 11) is 2.08. The van der Waals surface area contributed by atoms with Crippen molar-refractivity contribution in [1.82, 2.24) is 10.6 Å². The minimum absolute atomic E-state index is 0.647.